The van der Waals surface area contributed by atoms with Crippen LogP contribution in [0.5, 0.6) is 0 Å². The van der Waals surface area contributed by atoms with Crippen LogP contribution in [0.1, 0.15) is 25.0 Å². The van der Waals surface area contributed by atoms with Crippen molar-refractivity contribution in [2.24, 2.45) is 4.99 Å². The van der Waals surface area contributed by atoms with E-state index in [-0.39, 0.29) is 0 Å². The first-order valence-corrected chi connectivity index (χ1v) is 7.11. The van der Waals surface area contributed by atoms with Crippen LogP contribution in [0.15, 0.2) is 59.0 Å². The molecule has 0 unspecified atom stereocenters. The lowest BCUT2D eigenvalue weighted by Gasteiger charge is -2.11. The molecule has 0 heterocycles. The Morgan fingerprint density at radius 2 is 2.05 bits per heavy atom. The summed E-state index contributed by atoms with van der Waals surface area (Å²) in [4.78, 5) is 4.35. The third-order valence-corrected chi connectivity index (χ3v) is 3.18. The van der Waals surface area contributed by atoms with E-state index in [9.17, 15) is 0 Å². The molecular weight excluding hydrogens is 258 g/mol. The fourth-order valence-corrected chi connectivity index (χ4v) is 1.81. The first kappa shape index (κ1) is 16.8. The minimum Gasteiger partial charge on any atom is -0.390 e. The van der Waals surface area contributed by atoms with Gasteiger partial charge in [0.05, 0.1) is 17.9 Å². The van der Waals surface area contributed by atoms with Gasteiger partial charge in [-0.05, 0) is 38.0 Å². The third kappa shape index (κ3) is 5.69. The molecule has 1 rings (SSSR count). The molecule has 2 N–H and O–H groups in total. The number of nitrogens with zero attached hydrogens (tertiary/aromatic N) is 1. The van der Waals surface area contributed by atoms with Crippen LogP contribution in [0, 0.1) is 6.92 Å². The monoisotopic (exact) mass is 283 g/mol. The maximum absolute atomic E-state index is 4.35. The minimum absolute atomic E-state index is 0.667. The van der Waals surface area contributed by atoms with Crippen molar-refractivity contribution in [2.75, 3.05) is 13.6 Å². The summed E-state index contributed by atoms with van der Waals surface area (Å²) in [6, 6.07) is 8.30. The van der Waals surface area contributed by atoms with Gasteiger partial charge >= 0.3 is 0 Å². The van der Waals surface area contributed by atoms with Crippen LogP contribution in [0.25, 0.3) is 6.08 Å². The first-order valence-electron chi connectivity index (χ1n) is 7.11. The second-order valence-corrected chi connectivity index (χ2v) is 4.78. The second-order valence-electron chi connectivity index (χ2n) is 4.78. The van der Waals surface area contributed by atoms with Gasteiger partial charge in [0.25, 0.3) is 0 Å². The number of aliphatic imine (C=N–C) groups is 1. The van der Waals surface area contributed by atoms with Crippen molar-refractivity contribution in [2.45, 2.75) is 20.8 Å². The lowest BCUT2D eigenvalue weighted by molar-refractivity contribution is 0.816. The van der Waals surface area contributed by atoms with Crippen molar-refractivity contribution in [3.05, 3.63) is 65.1 Å². The van der Waals surface area contributed by atoms with E-state index in [1.54, 1.807) is 6.21 Å². The largest absolute Gasteiger partial charge is 0.390 e. The first-order chi connectivity index (χ1) is 10.1. The van der Waals surface area contributed by atoms with Crippen LogP contribution in [0.3, 0.4) is 0 Å². The van der Waals surface area contributed by atoms with Gasteiger partial charge in [-0.25, -0.2) is 0 Å². The topological polar surface area (TPSA) is 36.4 Å². The number of rotatable bonds is 7. The summed E-state index contributed by atoms with van der Waals surface area (Å²) in [5.41, 5.74) is 5.34. The predicted molar refractivity (Wildman–Crippen MR) is 93.3 cm³/mol. The smallest absolute Gasteiger partial charge is 0.0599 e. The van der Waals surface area contributed by atoms with Gasteiger partial charge in [-0.2, -0.15) is 0 Å². The molecule has 21 heavy (non-hydrogen) atoms. The van der Waals surface area contributed by atoms with Crippen LogP contribution in [0.2, 0.25) is 0 Å². The summed E-state index contributed by atoms with van der Waals surface area (Å²) in [6.45, 7) is 10.6. The van der Waals surface area contributed by atoms with Gasteiger partial charge in [-0.15, -0.1) is 0 Å². The van der Waals surface area contributed by atoms with Crippen LogP contribution >= 0.6 is 0 Å². The van der Waals surface area contributed by atoms with Crippen LogP contribution in [-0.4, -0.2) is 19.8 Å². The Hall–Kier alpha value is -2.29. The highest BCUT2D eigenvalue weighted by molar-refractivity contribution is 5.58. The summed E-state index contributed by atoms with van der Waals surface area (Å²) in [6.07, 6.45) is 5.97. The molecule has 0 fully saturated rings. The molecule has 0 aliphatic rings. The lowest BCUT2D eigenvalue weighted by atomic mass is 10.1. The Bertz CT molecular complexity index is 566. The Morgan fingerprint density at radius 1 is 1.33 bits per heavy atom. The Morgan fingerprint density at radius 3 is 2.67 bits per heavy atom. The van der Waals surface area contributed by atoms with Gasteiger partial charge in [-0.3, -0.25) is 4.99 Å². The molecule has 0 bridgehead atoms. The Kier molecular flexibility index (Phi) is 7.02. The Labute approximate surface area is 128 Å². The molecule has 3 nitrogen and oxygen atoms in total. The van der Waals surface area contributed by atoms with Gasteiger partial charge in [0.15, 0.2) is 0 Å². The molecule has 3 heteroatoms. The molecule has 1 aromatic carbocycles. The average molecular weight is 283 g/mol. The van der Waals surface area contributed by atoms with Crippen molar-refractivity contribution >= 4 is 12.3 Å². The van der Waals surface area contributed by atoms with Crippen molar-refractivity contribution < 1.29 is 0 Å². The van der Waals surface area contributed by atoms with E-state index in [1.165, 1.54) is 11.1 Å². The second kappa shape index (κ2) is 8.80. The predicted octanol–water partition coefficient (Wildman–Crippen LogP) is 3.65. The highest BCUT2D eigenvalue weighted by Gasteiger charge is 1.99. The van der Waals surface area contributed by atoms with E-state index in [0.717, 1.165) is 17.1 Å². The zero-order valence-electron chi connectivity index (χ0n) is 13.4. The molecule has 0 atom stereocenters. The molecule has 0 radical (unpaired) electrons. The average Bonchev–Trinajstić information content (AvgIpc) is 2.48. The van der Waals surface area contributed by atoms with E-state index >= 15 is 0 Å². The zero-order chi connectivity index (χ0) is 15.7. The summed E-state index contributed by atoms with van der Waals surface area (Å²) in [7, 11) is 1.87. The zero-order valence-corrected chi connectivity index (χ0v) is 13.4. The normalized spacial score (nSPS) is 12.6. The highest BCUT2D eigenvalue weighted by atomic mass is 15.0. The molecule has 0 aliphatic carbocycles. The van der Waals surface area contributed by atoms with Gasteiger partial charge < -0.3 is 10.6 Å². The van der Waals surface area contributed by atoms with E-state index in [4.69, 9.17) is 0 Å². The van der Waals surface area contributed by atoms with Gasteiger partial charge in [-0.1, -0.05) is 36.9 Å². The van der Waals surface area contributed by atoms with Gasteiger partial charge in [0.1, 0.15) is 0 Å². The standard InChI is InChI=1S/C18H25N3/c1-6-20-16(4)18(21-13-15(3)19-5)12-11-17-10-8-7-9-14(17)2/h6-12,19,21H,3,13H2,1-2,4-5H3/b12-11+,18-16+,20-6-. The number of nitrogens with one attached hydrogen (secondary N) is 2. The quantitative estimate of drug-likeness (QED) is 0.592. The van der Waals surface area contributed by atoms with Crippen LogP contribution in [-0.2, 0) is 0 Å². The maximum atomic E-state index is 4.35. The highest BCUT2D eigenvalue weighted by Crippen LogP contribution is 2.12. The van der Waals surface area contributed by atoms with Crippen molar-refractivity contribution in [1.82, 2.24) is 10.6 Å². The van der Waals surface area contributed by atoms with E-state index in [0.29, 0.717) is 6.54 Å². The molecule has 0 aromatic heterocycles. The van der Waals surface area contributed by atoms with E-state index < -0.39 is 0 Å². The van der Waals surface area contributed by atoms with Crippen molar-refractivity contribution in [3.8, 4) is 0 Å². The molecule has 0 saturated heterocycles. The number of hydrogen-bond acceptors (Lipinski definition) is 3. The lowest BCUT2D eigenvalue weighted by Crippen LogP contribution is -2.22. The fraction of sp³-hybridized carbons (Fsp3) is 0.278. The number of aryl methyl sites for hydroxylation is 1. The molecule has 1 aromatic rings. The van der Waals surface area contributed by atoms with E-state index in [1.807, 2.05) is 33.0 Å². The fourth-order valence-electron chi connectivity index (χ4n) is 1.81. The van der Waals surface area contributed by atoms with Crippen molar-refractivity contribution in [1.29, 1.82) is 0 Å². The summed E-state index contributed by atoms with van der Waals surface area (Å²) < 4.78 is 0. The molecule has 0 spiro atoms. The van der Waals surface area contributed by atoms with Crippen molar-refractivity contribution in [3.63, 3.8) is 0 Å². The summed E-state index contributed by atoms with van der Waals surface area (Å²) in [5.74, 6) is 0. The van der Waals surface area contributed by atoms with Crippen LogP contribution in [0.4, 0.5) is 0 Å². The number of benzene rings is 1. The van der Waals surface area contributed by atoms with E-state index in [2.05, 4.69) is 53.4 Å². The summed E-state index contributed by atoms with van der Waals surface area (Å²) in [5, 5.41) is 6.39. The van der Waals surface area contributed by atoms with Gasteiger partial charge in [0.2, 0.25) is 0 Å². The number of likely N-dealkylation sites (N-methyl/N-ethyl adjacent to an activating group) is 1. The minimum atomic E-state index is 0.667. The maximum Gasteiger partial charge on any atom is 0.0599 e. The molecule has 0 saturated carbocycles. The molecule has 0 aliphatic heterocycles. The summed E-state index contributed by atoms with van der Waals surface area (Å²) >= 11 is 0. The molecule has 0 amide bonds. The SMILES string of the molecule is C=C(CNC(/C=C/c1ccccc1C)=C(C)/N=C\C)NC. The number of allylic oxidation sites excluding steroid dienone is 2. The van der Waals surface area contributed by atoms with Crippen LogP contribution < -0.4 is 10.6 Å². The molecular formula is C18H25N3. The Balaban J connectivity index is 2.95. The van der Waals surface area contributed by atoms with Gasteiger partial charge in [0, 0.05) is 19.0 Å². The molecule has 112 valence electrons. The number of hydrogen-bond donors (Lipinski definition) is 2. The third-order valence-electron chi connectivity index (χ3n) is 3.18.